The van der Waals surface area contributed by atoms with Crippen LogP contribution in [-0.2, 0) is 11.3 Å². The number of hydrogen-bond acceptors (Lipinski definition) is 5. The molecule has 156 valence electrons. The Morgan fingerprint density at radius 1 is 0.806 bits per heavy atom. The molecule has 31 heavy (non-hydrogen) atoms. The van der Waals surface area contributed by atoms with Gasteiger partial charge in [-0.1, -0.05) is 66.4 Å². The summed E-state index contributed by atoms with van der Waals surface area (Å²) in [5.41, 5.74) is 0. The van der Waals surface area contributed by atoms with Crippen molar-refractivity contribution in [1.82, 2.24) is 20.2 Å². The van der Waals surface area contributed by atoms with Gasteiger partial charge >= 0.3 is 0 Å². The van der Waals surface area contributed by atoms with E-state index in [9.17, 15) is 4.79 Å². The molecule has 0 aliphatic rings. The number of benzene rings is 3. The third-order valence-corrected chi connectivity index (χ3v) is 10.6. The molecule has 4 aromatic rings. The van der Waals surface area contributed by atoms with E-state index in [0.717, 1.165) is 6.16 Å². The van der Waals surface area contributed by atoms with Gasteiger partial charge in [-0.2, -0.15) is 0 Å². The van der Waals surface area contributed by atoms with Crippen LogP contribution in [0, 0.1) is 0 Å². The highest BCUT2D eigenvalue weighted by Gasteiger charge is 2.45. The quantitative estimate of drug-likeness (QED) is 0.369. The highest BCUT2D eigenvalue weighted by molar-refractivity contribution is 8.13. The number of rotatable bonds is 9. The van der Waals surface area contributed by atoms with Crippen molar-refractivity contribution in [3.05, 3.63) is 97.3 Å². The van der Waals surface area contributed by atoms with Crippen molar-refractivity contribution in [2.75, 3.05) is 11.9 Å². The molecule has 0 N–H and O–H groups in total. The molecule has 1 aromatic heterocycles. The molecular weight excluding hydrogens is 423 g/mol. The third-order valence-electron chi connectivity index (χ3n) is 5.22. The summed E-state index contributed by atoms with van der Waals surface area (Å²) in [6.45, 7) is 0.625. The van der Waals surface area contributed by atoms with Gasteiger partial charge in [0, 0.05) is 5.75 Å². The Balaban J connectivity index is 1.61. The van der Waals surface area contributed by atoms with Gasteiger partial charge in [-0.15, -0.1) is 5.10 Å². The molecule has 0 bridgehead atoms. The van der Waals surface area contributed by atoms with Crippen LogP contribution < -0.4 is 15.9 Å². The second-order valence-electron chi connectivity index (χ2n) is 7.08. The summed E-state index contributed by atoms with van der Waals surface area (Å²) in [5.74, 6) is 0.664. The first kappa shape index (κ1) is 21.4. The fraction of sp³-hybridized carbons (Fsp3) is 0.167. The fourth-order valence-corrected chi connectivity index (χ4v) is 8.90. The molecule has 0 atom stereocenters. The second kappa shape index (κ2) is 10.5. The predicted molar refractivity (Wildman–Crippen MR) is 130 cm³/mol. The highest BCUT2D eigenvalue weighted by Crippen LogP contribution is 2.55. The molecule has 0 fully saturated rings. The van der Waals surface area contributed by atoms with E-state index in [1.54, 1.807) is 11.0 Å². The number of aryl methyl sites for hydroxylation is 1. The predicted octanol–water partition coefficient (Wildman–Crippen LogP) is 3.32. The average molecular weight is 448 g/mol. The van der Waals surface area contributed by atoms with Crippen molar-refractivity contribution in [2.24, 2.45) is 0 Å². The van der Waals surface area contributed by atoms with Crippen molar-refractivity contribution in [3.63, 3.8) is 0 Å². The maximum absolute atomic E-state index is 12.8. The van der Waals surface area contributed by atoms with Gasteiger partial charge in [-0.05, 0) is 46.8 Å². The number of hydrogen-bond donors (Lipinski definition) is 0. The molecular formula is C24H24N4OPS+. The largest absolute Gasteiger partial charge is 0.287 e. The Morgan fingerprint density at radius 3 is 1.77 bits per heavy atom. The summed E-state index contributed by atoms with van der Waals surface area (Å²) in [5, 5.41) is 15.2. The zero-order valence-corrected chi connectivity index (χ0v) is 18.8. The van der Waals surface area contributed by atoms with Crippen LogP contribution in [0.2, 0.25) is 0 Å². The Morgan fingerprint density at radius 2 is 1.32 bits per heavy atom. The van der Waals surface area contributed by atoms with E-state index in [1.165, 1.54) is 27.7 Å². The first-order valence-corrected chi connectivity index (χ1v) is 13.2. The van der Waals surface area contributed by atoms with Gasteiger partial charge in [0.25, 0.3) is 0 Å². The number of nitrogens with zero attached hydrogens (tertiary/aromatic N) is 4. The minimum atomic E-state index is -1.96. The molecule has 0 saturated heterocycles. The summed E-state index contributed by atoms with van der Waals surface area (Å²) >= 11 is 1.36. The SMILES string of the molecule is O=C(CC[P+](c1ccccc1)(c1ccccc1)c1ccccc1)SCCn1cnnn1. The molecule has 0 aliphatic heterocycles. The van der Waals surface area contributed by atoms with Gasteiger partial charge in [0.05, 0.1) is 19.1 Å². The number of thioether (sulfide) groups is 1. The van der Waals surface area contributed by atoms with Crippen LogP contribution in [0.5, 0.6) is 0 Å². The van der Waals surface area contributed by atoms with Crippen molar-refractivity contribution >= 4 is 40.1 Å². The number of carbonyl (C=O) groups is 1. The first-order valence-electron chi connectivity index (χ1n) is 10.2. The van der Waals surface area contributed by atoms with E-state index in [0.29, 0.717) is 18.7 Å². The maximum Gasteiger partial charge on any atom is 0.192 e. The van der Waals surface area contributed by atoms with Crippen LogP contribution in [0.15, 0.2) is 97.3 Å². The fourth-order valence-electron chi connectivity index (χ4n) is 3.75. The molecule has 0 spiro atoms. The Kier molecular flexibility index (Phi) is 7.23. The molecule has 0 saturated carbocycles. The minimum absolute atomic E-state index is 0.209. The lowest BCUT2D eigenvalue weighted by Gasteiger charge is -2.27. The molecule has 0 aliphatic carbocycles. The van der Waals surface area contributed by atoms with E-state index in [4.69, 9.17) is 0 Å². The monoisotopic (exact) mass is 447 g/mol. The van der Waals surface area contributed by atoms with Crippen LogP contribution in [0.1, 0.15) is 6.42 Å². The van der Waals surface area contributed by atoms with Crippen molar-refractivity contribution < 1.29 is 4.79 Å². The van der Waals surface area contributed by atoms with Crippen LogP contribution >= 0.6 is 19.0 Å². The lowest BCUT2D eigenvalue weighted by atomic mass is 10.4. The van der Waals surface area contributed by atoms with Gasteiger partial charge in [-0.3, -0.25) is 4.79 Å². The van der Waals surface area contributed by atoms with Gasteiger partial charge < -0.3 is 0 Å². The summed E-state index contributed by atoms with van der Waals surface area (Å²) < 4.78 is 1.65. The Bertz CT molecular complexity index is 980. The third kappa shape index (κ3) is 5.09. The molecule has 0 amide bonds. The summed E-state index contributed by atoms with van der Waals surface area (Å²) in [6, 6.07) is 32.0. The first-order chi connectivity index (χ1) is 15.3. The van der Waals surface area contributed by atoms with Crippen LogP contribution in [-0.4, -0.2) is 37.2 Å². The molecule has 3 aromatic carbocycles. The Labute approximate surface area is 187 Å². The topological polar surface area (TPSA) is 60.7 Å². The van der Waals surface area contributed by atoms with Crippen molar-refractivity contribution in [1.29, 1.82) is 0 Å². The average Bonchev–Trinajstić information content (AvgIpc) is 3.35. The molecule has 0 radical (unpaired) electrons. The summed E-state index contributed by atoms with van der Waals surface area (Å²) in [4.78, 5) is 12.8. The summed E-state index contributed by atoms with van der Waals surface area (Å²) in [6.07, 6.45) is 2.90. The number of tetrazole rings is 1. The molecule has 7 heteroatoms. The maximum atomic E-state index is 12.8. The smallest absolute Gasteiger partial charge is 0.192 e. The van der Waals surface area contributed by atoms with Gasteiger partial charge in [0.15, 0.2) is 5.12 Å². The zero-order chi connectivity index (χ0) is 21.4. The highest BCUT2D eigenvalue weighted by atomic mass is 32.2. The lowest BCUT2D eigenvalue weighted by molar-refractivity contribution is -0.110. The van der Waals surface area contributed by atoms with Crippen LogP contribution in [0.25, 0.3) is 0 Å². The van der Waals surface area contributed by atoms with E-state index >= 15 is 0 Å². The van der Waals surface area contributed by atoms with Crippen LogP contribution in [0.4, 0.5) is 0 Å². The van der Waals surface area contributed by atoms with Gasteiger partial charge in [0.2, 0.25) is 0 Å². The minimum Gasteiger partial charge on any atom is -0.287 e. The zero-order valence-electron chi connectivity index (χ0n) is 17.1. The van der Waals surface area contributed by atoms with Gasteiger partial charge in [-0.25, -0.2) is 4.68 Å². The second-order valence-corrected chi connectivity index (χ2v) is 11.9. The van der Waals surface area contributed by atoms with E-state index < -0.39 is 7.26 Å². The van der Waals surface area contributed by atoms with E-state index in [-0.39, 0.29) is 5.12 Å². The standard InChI is InChI=1S/C24H24N4OPS/c29-24(31-19-17-28-20-25-26-27-28)16-18-30(21-10-4-1-5-11-21,22-12-6-2-7-13-22)23-14-8-3-9-15-23/h1-15,20H,16-19H2/q+1. The Hall–Kier alpha value is -2.82. The van der Waals surface area contributed by atoms with Crippen molar-refractivity contribution in [3.8, 4) is 0 Å². The number of carbonyl (C=O) groups excluding carboxylic acids is 1. The van der Waals surface area contributed by atoms with Gasteiger partial charge in [0.1, 0.15) is 29.5 Å². The van der Waals surface area contributed by atoms with E-state index in [2.05, 4.69) is 88.3 Å². The molecule has 5 nitrogen and oxygen atoms in total. The number of aromatic nitrogens is 4. The molecule has 4 rings (SSSR count). The summed E-state index contributed by atoms with van der Waals surface area (Å²) in [7, 11) is -1.96. The normalized spacial score (nSPS) is 11.4. The van der Waals surface area contributed by atoms with E-state index in [1.807, 2.05) is 18.2 Å². The lowest BCUT2D eigenvalue weighted by Crippen LogP contribution is -2.33. The van der Waals surface area contributed by atoms with Crippen molar-refractivity contribution in [2.45, 2.75) is 13.0 Å². The molecule has 0 unspecified atom stereocenters. The van der Waals surface area contributed by atoms with Crippen LogP contribution in [0.3, 0.4) is 0 Å². The molecule has 1 heterocycles.